The van der Waals surface area contributed by atoms with Crippen molar-refractivity contribution in [3.8, 4) is 16.9 Å². The maximum Gasteiger partial charge on any atom is 0.274 e. The van der Waals surface area contributed by atoms with Crippen molar-refractivity contribution in [2.24, 2.45) is 5.73 Å². The maximum atomic E-state index is 14.2. The van der Waals surface area contributed by atoms with E-state index >= 15 is 0 Å². The first-order chi connectivity index (χ1) is 16.8. The predicted molar refractivity (Wildman–Crippen MR) is 133 cm³/mol. The number of nitrogens with zero attached hydrogens (tertiary/aromatic N) is 3. The SMILES string of the molecule is CONC(=O)c1cc(-c2cc(S(=O)(=O)NC3CC3)ccc2OC)c2nnn(C/C(F)=C/CN)c2c1.Cl. The van der Waals surface area contributed by atoms with Gasteiger partial charge in [0.05, 0.1) is 31.2 Å². The first-order valence-electron chi connectivity index (χ1n) is 10.7. The van der Waals surface area contributed by atoms with E-state index in [0.29, 0.717) is 27.9 Å². The lowest BCUT2D eigenvalue weighted by Gasteiger charge is -2.14. The monoisotopic (exact) mass is 540 g/mol. The number of amides is 1. The van der Waals surface area contributed by atoms with Crippen LogP contribution >= 0.6 is 12.4 Å². The smallest absolute Gasteiger partial charge is 0.274 e. The lowest BCUT2D eigenvalue weighted by molar-refractivity contribution is 0.0538. The van der Waals surface area contributed by atoms with Gasteiger partial charge in [-0.3, -0.25) is 9.63 Å². The summed E-state index contributed by atoms with van der Waals surface area (Å²) in [4.78, 5) is 17.4. The highest BCUT2D eigenvalue weighted by Crippen LogP contribution is 2.37. The highest BCUT2D eigenvalue weighted by atomic mass is 35.5. The Labute approximate surface area is 213 Å². The van der Waals surface area contributed by atoms with Crippen LogP contribution in [-0.4, -0.2) is 56.1 Å². The molecule has 0 saturated heterocycles. The number of fused-ring (bicyclic) bond motifs is 1. The van der Waals surface area contributed by atoms with Crippen LogP contribution in [0.4, 0.5) is 4.39 Å². The molecule has 4 rings (SSSR count). The van der Waals surface area contributed by atoms with Gasteiger partial charge in [-0.25, -0.2) is 27.7 Å². The molecule has 36 heavy (non-hydrogen) atoms. The minimum Gasteiger partial charge on any atom is -0.496 e. The fraction of sp³-hybridized carbons (Fsp3) is 0.318. The van der Waals surface area contributed by atoms with E-state index < -0.39 is 21.8 Å². The number of ether oxygens (including phenoxy) is 1. The molecule has 0 unspecified atom stereocenters. The van der Waals surface area contributed by atoms with Gasteiger partial charge in [0.15, 0.2) is 0 Å². The third kappa shape index (κ3) is 5.82. The third-order valence-corrected chi connectivity index (χ3v) is 6.91. The van der Waals surface area contributed by atoms with Crippen LogP contribution in [0.5, 0.6) is 5.75 Å². The first-order valence-corrected chi connectivity index (χ1v) is 12.2. The summed E-state index contributed by atoms with van der Waals surface area (Å²) in [6, 6.07) is 7.35. The molecule has 1 heterocycles. The summed E-state index contributed by atoms with van der Waals surface area (Å²) in [6.07, 6.45) is 2.79. The van der Waals surface area contributed by atoms with Crippen LogP contribution in [0.2, 0.25) is 0 Å². The minimum atomic E-state index is -3.77. The Morgan fingerprint density at radius 1 is 1.25 bits per heavy atom. The number of hydrogen-bond acceptors (Lipinski definition) is 8. The Morgan fingerprint density at radius 3 is 2.64 bits per heavy atom. The molecule has 4 N–H and O–H groups in total. The molecule has 0 radical (unpaired) electrons. The van der Waals surface area contributed by atoms with Gasteiger partial charge in [0.1, 0.15) is 17.1 Å². The number of carbonyl (C=O) groups excluding carboxylic acids is 1. The molecule has 0 spiro atoms. The number of rotatable bonds is 10. The van der Waals surface area contributed by atoms with Crippen molar-refractivity contribution in [1.29, 1.82) is 0 Å². The second kappa shape index (κ2) is 11.3. The molecule has 1 aromatic heterocycles. The van der Waals surface area contributed by atoms with Crippen LogP contribution in [0.1, 0.15) is 23.2 Å². The summed E-state index contributed by atoms with van der Waals surface area (Å²) in [5, 5.41) is 8.22. The summed E-state index contributed by atoms with van der Waals surface area (Å²) in [6.45, 7) is -0.238. The van der Waals surface area contributed by atoms with Crippen molar-refractivity contribution in [3.05, 3.63) is 47.8 Å². The summed E-state index contributed by atoms with van der Waals surface area (Å²) in [5.74, 6) is -0.742. The van der Waals surface area contributed by atoms with Gasteiger partial charge < -0.3 is 10.5 Å². The summed E-state index contributed by atoms with van der Waals surface area (Å²) in [5.41, 5.74) is 9.20. The van der Waals surface area contributed by atoms with E-state index in [4.69, 9.17) is 15.3 Å². The Kier molecular flexibility index (Phi) is 8.63. The number of benzene rings is 2. The van der Waals surface area contributed by atoms with Crippen molar-refractivity contribution < 1.29 is 27.2 Å². The van der Waals surface area contributed by atoms with Crippen molar-refractivity contribution in [1.82, 2.24) is 25.2 Å². The van der Waals surface area contributed by atoms with E-state index in [9.17, 15) is 17.6 Å². The van der Waals surface area contributed by atoms with Crippen molar-refractivity contribution in [2.45, 2.75) is 30.3 Å². The lowest BCUT2D eigenvalue weighted by Crippen LogP contribution is -2.25. The number of hydrogen-bond donors (Lipinski definition) is 3. The molecule has 1 saturated carbocycles. The van der Waals surface area contributed by atoms with Gasteiger partial charge in [-0.1, -0.05) is 5.21 Å². The molecule has 1 fully saturated rings. The fourth-order valence-electron chi connectivity index (χ4n) is 3.56. The molecule has 3 aromatic rings. The standard InChI is InChI=1S/C22H25FN6O5S.ClH/c1-33-20-6-5-16(35(31,32)27-15-3-4-15)11-17(20)18-9-13(22(30)26-34-2)10-19-21(18)25-28-29(19)12-14(23)7-8-24;/h5-7,9-11,15,27H,3-4,8,12,24H2,1-2H3,(H,26,30);1H/b14-7-;. The Morgan fingerprint density at radius 2 is 2.00 bits per heavy atom. The topological polar surface area (TPSA) is 150 Å². The Hall–Kier alpha value is -3.10. The first kappa shape index (κ1) is 27.5. The van der Waals surface area contributed by atoms with Gasteiger partial charge in [-0.2, -0.15) is 0 Å². The lowest BCUT2D eigenvalue weighted by atomic mass is 9.99. The number of halogens is 2. The molecule has 14 heteroatoms. The van der Waals surface area contributed by atoms with Gasteiger partial charge in [-0.15, -0.1) is 17.5 Å². The molecule has 0 aliphatic heterocycles. The molecular weight excluding hydrogens is 515 g/mol. The average molecular weight is 541 g/mol. The number of carbonyl (C=O) groups is 1. The van der Waals surface area contributed by atoms with E-state index in [1.807, 2.05) is 0 Å². The molecule has 1 aliphatic rings. The van der Waals surface area contributed by atoms with Crippen LogP contribution in [-0.2, 0) is 21.4 Å². The van der Waals surface area contributed by atoms with Crippen LogP contribution in [0.3, 0.4) is 0 Å². The second-order valence-corrected chi connectivity index (χ2v) is 9.63. The van der Waals surface area contributed by atoms with E-state index in [2.05, 4.69) is 20.5 Å². The summed E-state index contributed by atoms with van der Waals surface area (Å²) < 4.78 is 49.3. The van der Waals surface area contributed by atoms with Crippen LogP contribution in [0.15, 0.2) is 47.1 Å². The molecular formula is C22H26ClFN6O5S. The van der Waals surface area contributed by atoms with Crippen molar-refractivity contribution in [2.75, 3.05) is 20.8 Å². The zero-order valence-electron chi connectivity index (χ0n) is 19.5. The minimum absolute atomic E-state index is 0. The highest BCUT2D eigenvalue weighted by Gasteiger charge is 2.29. The average Bonchev–Trinajstić information content (AvgIpc) is 3.55. The quantitative estimate of drug-likeness (QED) is 0.331. The van der Waals surface area contributed by atoms with Crippen molar-refractivity contribution in [3.63, 3.8) is 0 Å². The molecule has 1 amide bonds. The largest absolute Gasteiger partial charge is 0.496 e. The molecule has 0 bridgehead atoms. The maximum absolute atomic E-state index is 14.2. The third-order valence-electron chi connectivity index (χ3n) is 5.39. The van der Waals surface area contributed by atoms with Gasteiger partial charge in [0.2, 0.25) is 10.0 Å². The molecule has 194 valence electrons. The number of sulfonamides is 1. The Balaban J connectivity index is 0.00000361. The number of aromatic nitrogens is 3. The molecule has 1 aliphatic carbocycles. The highest BCUT2D eigenvalue weighted by molar-refractivity contribution is 7.89. The van der Waals surface area contributed by atoms with E-state index in [1.165, 1.54) is 55.3 Å². The molecule has 2 aromatic carbocycles. The van der Waals surface area contributed by atoms with Gasteiger partial charge in [0, 0.05) is 29.3 Å². The van der Waals surface area contributed by atoms with Crippen LogP contribution in [0, 0.1) is 0 Å². The number of hydroxylamine groups is 1. The number of methoxy groups -OCH3 is 1. The number of nitrogens with one attached hydrogen (secondary N) is 2. The van der Waals surface area contributed by atoms with E-state index in [1.54, 1.807) is 0 Å². The zero-order valence-corrected chi connectivity index (χ0v) is 21.2. The Bertz CT molecular complexity index is 1410. The van der Waals surface area contributed by atoms with Gasteiger partial charge in [-0.05, 0) is 49.2 Å². The normalized spacial score (nSPS) is 13.9. The fourth-order valence-corrected chi connectivity index (χ4v) is 4.89. The van der Waals surface area contributed by atoms with Gasteiger partial charge in [0.25, 0.3) is 5.91 Å². The molecule has 11 nitrogen and oxygen atoms in total. The number of allylic oxidation sites excluding steroid dienone is 1. The summed E-state index contributed by atoms with van der Waals surface area (Å²) in [7, 11) is -1.04. The van der Waals surface area contributed by atoms with Crippen LogP contribution < -0.4 is 20.7 Å². The summed E-state index contributed by atoms with van der Waals surface area (Å²) >= 11 is 0. The van der Waals surface area contributed by atoms with E-state index in [-0.39, 0.29) is 42.0 Å². The number of nitrogens with two attached hydrogens (primary N) is 1. The predicted octanol–water partition coefficient (Wildman–Crippen LogP) is 2.07. The van der Waals surface area contributed by atoms with E-state index in [0.717, 1.165) is 12.8 Å². The van der Waals surface area contributed by atoms with Crippen molar-refractivity contribution >= 4 is 39.4 Å². The molecule has 0 atom stereocenters. The van der Waals surface area contributed by atoms with Crippen LogP contribution in [0.25, 0.3) is 22.2 Å². The second-order valence-electron chi connectivity index (χ2n) is 7.92. The van der Waals surface area contributed by atoms with Gasteiger partial charge >= 0.3 is 0 Å². The zero-order chi connectivity index (χ0) is 25.2.